The number of benzene rings is 1. The molecule has 0 saturated carbocycles. The van der Waals surface area contributed by atoms with E-state index in [-0.39, 0.29) is 5.82 Å². The Balaban J connectivity index is 2.14. The number of nitrogens with zero attached hydrogens (tertiary/aromatic N) is 3. The van der Waals surface area contributed by atoms with Crippen LogP contribution in [-0.4, -0.2) is 14.5 Å². The van der Waals surface area contributed by atoms with Crippen LogP contribution in [0.2, 0.25) is 0 Å². The minimum atomic E-state index is -0.345. The summed E-state index contributed by atoms with van der Waals surface area (Å²) in [6.07, 6.45) is 3.55. The summed E-state index contributed by atoms with van der Waals surface area (Å²) in [4.78, 5) is 8.28. The third-order valence-corrected chi connectivity index (χ3v) is 3.89. The van der Waals surface area contributed by atoms with Gasteiger partial charge >= 0.3 is 0 Å². The van der Waals surface area contributed by atoms with Crippen molar-refractivity contribution in [2.24, 2.45) is 0 Å². The van der Waals surface area contributed by atoms with Crippen molar-refractivity contribution < 1.29 is 4.39 Å². The van der Waals surface area contributed by atoms with Gasteiger partial charge in [-0.25, -0.2) is 9.37 Å². The Kier molecular flexibility index (Phi) is 3.17. The maximum Gasteiger partial charge on any atom is 0.201 e. The molecule has 0 radical (unpaired) electrons. The van der Waals surface area contributed by atoms with E-state index in [1.807, 2.05) is 17.6 Å². The fraction of sp³-hybridized carbons (Fsp3) is 0.143. The van der Waals surface area contributed by atoms with Gasteiger partial charge in [-0.05, 0) is 46.1 Å². The topological polar surface area (TPSA) is 56.7 Å². The largest absolute Gasteiger partial charge is 0.369 e. The van der Waals surface area contributed by atoms with Gasteiger partial charge in [0.05, 0.1) is 22.1 Å². The van der Waals surface area contributed by atoms with Crippen molar-refractivity contribution in [2.75, 3.05) is 5.73 Å². The van der Waals surface area contributed by atoms with Crippen LogP contribution in [0.3, 0.4) is 0 Å². The van der Waals surface area contributed by atoms with Gasteiger partial charge in [-0.3, -0.25) is 4.98 Å². The lowest BCUT2D eigenvalue weighted by Crippen LogP contribution is -2.06. The lowest BCUT2D eigenvalue weighted by molar-refractivity contribution is 0.622. The van der Waals surface area contributed by atoms with Crippen molar-refractivity contribution in [3.8, 4) is 0 Å². The number of aryl methyl sites for hydroxylation is 1. The maximum atomic E-state index is 13.5. The monoisotopic (exact) mass is 334 g/mol. The van der Waals surface area contributed by atoms with E-state index in [2.05, 4.69) is 25.9 Å². The predicted molar refractivity (Wildman–Crippen MR) is 79.9 cm³/mol. The summed E-state index contributed by atoms with van der Waals surface area (Å²) in [6.45, 7) is 2.57. The van der Waals surface area contributed by atoms with Gasteiger partial charge in [0.25, 0.3) is 0 Å². The van der Waals surface area contributed by atoms with E-state index in [1.165, 1.54) is 6.07 Å². The van der Waals surface area contributed by atoms with E-state index < -0.39 is 0 Å². The summed E-state index contributed by atoms with van der Waals surface area (Å²) in [5.74, 6) is 0.0240. The summed E-state index contributed by atoms with van der Waals surface area (Å²) in [7, 11) is 0. The second-order valence-corrected chi connectivity index (χ2v) is 5.47. The van der Waals surface area contributed by atoms with Crippen LogP contribution < -0.4 is 5.73 Å². The predicted octanol–water partition coefficient (Wildman–Crippen LogP) is 3.27. The van der Waals surface area contributed by atoms with Crippen molar-refractivity contribution in [2.45, 2.75) is 13.5 Å². The first-order valence-corrected chi connectivity index (χ1v) is 6.86. The van der Waals surface area contributed by atoms with Crippen LogP contribution in [0.25, 0.3) is 11.0 Å². The van der Waals surface area contributed by atoms with Crippen LogP contribution in [0.5, 0.6) is 0 Å². The van der Waals surface area contributed by atoms with E-state index in [4.69, 9.17) is 5.73 Å². The van der Waals surface area contributed by atoms with Crippen molar-refractivity contribution in [3.63, 3.8) is 0 Å². The van der Waals surface area contributed by atoms with Crippen LogP contribution in [0, 0.1) is 12.7 Å². The molecule has 0 aliphatic rings. The summed E-state index contributed by atoms with van der Waals surface area (Å²) in [5.41, 5.74) is 9.48. The Morgan fingerprint density at radius 3 is 2.95 bits per heavy atom. The average Bonchev–Trinajstić information content (AvgIpc) is 2.69. The molecule has 0 fully saturated rings. The first kappa shape index (κ1) is 13.1. The van der Waals surface area contributed by atoms with Gasteiger partial charge < -0.3 is 10.3 Å². The fourth-order valence-corrected chi connectivity index (χ4v) is 2.49. The molecule has 2 aromatic heterocycles. The highest BCUT2D eigenvalue weighted by molar-refractivity contribution is 9.10. The second kappa shape index (κ2) is 4.86. The molecule has 0 amide bonds. The smallest absolute Gasteiger partial charge is 0.201 e. The summed E-state index contributed by atoms with van der Waals surface area (Å²) >= 11 is 3.19. The quantitative estimate of drug-likeness (QED) is 0.782. The highest BCUT2D eigenvalue weighted by Gasteiger charge is 2.12. The number of imidazole rings is 1. The second-order valence-electron chi connectivity index (χ2n) is 4.61. The molecule has 1 aromatic carbocycles. The molecule has 6 heteroatoms. The summed E-state index contributed by atoms with van der Waals surface area (Å²) in [5, 5.41) is 0. The normalized spacial score (nSPS) is 11.2. The van der Waals surface area contributed by atoms with Crippen molar-refractivity contribution in [1.29, 1.82) is 0 Å². The van der Waals surface area contributed by atoms with Crippen LogP contribution in [0.4, 0.5) is 10.3 Å². The number of hydrogen-bond acceptors (Lipinski definition) is 3. The van der Waals surface area contributed by atoms with E-state index >= 15 is 0 Å². The summed E-state index contributed by atoms with van der Waals surface area (Å²) in [6, 6.07) is 5.02. The van der Waals surface area contributed by atoms with Crippen molar-refractivity contribution >= 4 is 32.9 Å². The third kappa shape index (κ3) is 2.16. The average molecular weight is 335 g/mol. The Labute approximate surface area is 123 Å². The molecule has 0 unspecified atom stereocenters. The Morgan fingerprint density at radius 2 is 2.20 bits per heavy atom. The number of nitrogen functional groups attached to an aromatic ring is 1. The number of fused-ring (bicyclic) bond motifs is 1. The molecule has 3 rings (SSSR count). The number of rotatable bonds is 2. The minimum Gasteiger partial charge on any atom is -0.369 e. The lowest BCUT2D eigenvalue weighted by Gasteiger charge is -2.09. The van der Waals surface area contributed by atoms with Gasteiger partial charge in [0, 0.05) is 18.5 Å². The Hall–Kier alpha value is -1.95. The number of halogens is 2. The Morgan fingerprint density at radius 1 is 1.40 bits per heavy atom. The van der Waals surface area contributed by atoms with Gasteiger partial charge in [0.1, 0.15) is 5.82 Å². The van der Waals surface area contributed by atoms with E-state index in [9.17, 15) is 4.39 Å². The first-order chi connectivity index (χ1) is 9.56. The number of hydrogen-bond donors (Lipinski definition) is 1. The molecule has 0 spiro atoms. The van der Waals surface area contributed by atoms with Crippen LogP contribution >= 0.6 is 15.9 Å². The van der Waals surface area contributed by atoms with Gasteiger partial charge in [0.15, 0.2) is 0 Å². The zero-order chi connectivity index (χ0) is 14.3. The van der Waals surface area contributed by atoms with Crippen molar-refractivity contribution in [3.05, 3.63) is 52.0 Å². The van der Waals surface area contributed by atoms with Gasteiger partial charge in [-0.15, -0.1) is 0 Å². The highest BCUT2D eigenvalue weighted by Crippen LogP contribution is 2.26. The zero-order valence-corrected chi connectivity index (χ0v) is 12.4. The molecule has 0 aliphatic carbocycles. The van der Waals surface area contributed by atoms with Crippen LogP contribution in [-0.2, 0) is 6.54 Å². The highest BCUT2D eigenvalue weighted by atomic mass is 79.9. The molecule has 3 aromatic rings. The standard InChI is InChI=1S/C14H12BrFN4/c1-8-6-18-3-2-9(8)7-20-13-4-10(15)11(16)5-12(13)19-14(20)17/h2-6H,7H2,1H3,(H2,17,19). The summed E-state index contributed by atoms with van der Waals surface area (Å²) < 4.78 is 15.8. The van der Waals surface area contributed by atoms with E-state index in [1.54, 1.807) is 18.5 Å². The minimum absolute atomic E-state index is 0.345. The molecule has 0 bridgehead atoms. The van der Waals surface area contributed by atoms with Gasteiger partial charge in [0.2, 0.25) is 5.95 Å². The fourth-order valence-electron chi connectivity index (χ4n) is 2.15. The number of aromatic nitrogens is 3. The molecule has 0 saturated heterocycles. The van der Waals surface area contributed by atoms with E-state index in [0.29, 0.717) is 22.5 Å². The van der Waals surface area contributed by atoms with Crippen LogP contribution in [0.1, 0.15) is 11.1 Å². The zero-order valence-electron chi connectivity index (χ0n) is 10.8. The van der Waals surface area contributed by atoms with Crippen molar-refractivity contribution in [1.82, 2.24) is 14.5 Å². The first-order valence-electron chi connectivity index (χ1n) is 6.06. The molecule has 0 atom stereocenters. The van der Waals surface area contributed by atoms with Crippen LogP contribution in [0.15, 0.2) is 35.1 Å². The molecule has 4 nitrogen and oxygen atoms in total. The molecule has 2 heterocycles. The number of nitrogens with two attached hydrogens (primary N) is 1. The lowest BCUT2D eigenvalue weighted by atomic mass is 10.1. The molecule has 0 aliphatic heterocycles. The molecular weight excluding hydrogens is 323 g/mol. The molecule has 2 N–H and O–H groups in total. The van der Waals surface area contributed by atoms with E-state index in [0.717, 1.165) is 16.6 Å². The molecular formula is C14H12BrFN4. The Bertz CT molecular complexity index is 797. The third-order valence-electron chi connectivity index (χ3n) is 3.28. The number of pyridine rings is 1. The SMILES string of the molecule is Cc1cnccc1Cn1c(N)nc2cc(F)c(Br)cc21. The van der Waals surface area contributed by atoms with Gasteiger partial charge in [-0.2, -0.15) is 0 Å². The molecule has 102 valence electrons. The van der Waals surface area contributed by atoms with Gasteiger partial charge in [-0.1, -0.05) is 0 Å². The maximum absolute atomic E-state index is 13.5. The number of anilines is 1. The molecule has 20 heavy (non-hydrogen) atoms.